The van der Waals surface area contributed by atoms with Crippen LogP contribution in [-0.2, 0) is 11.3 Å². The number of amides is 1. The van der Waals surface area contributed by atoms with Crippen molar-refractivity contribution in [1.29, 1.82) is 0 Å². The first-order valence-electron chi connectivity index (χ1n) is 5.51. The Labute approximate surface area is 104 Å². The zero-order valence-electron chi connectivity index (χ0n) is 9.88. The van der Waals surface area contributed by atoms with E-state index in [0.717, 1.165) is 5.56 Å². The minimum atomic E-state index is -1.00. The monoisotopic (exact) mass is 250 g/mol. The molecule has 0 aromatic heterocycles. The van der Waals surface area contributed by atoms with Crippen LogP contribution in [0.3, 0.4) is 0 Å². The van der Waals surface area contributed by atoms with Crippen LogP contribution in [0.25, 0.3) is 0 Å². The number of carboxylic acid groups (broad SMARTS) is 1. The van der Waals surface area contributed by atoms with Crippen molar-refractivity contribution in [2.24, 2.45) is 0 Å². The smallest absolute Gasteiger partial charge is 0.335 e. The van der Waals surface area contributed by atoms with Gasteiger partial charge in [0.1, 0.15) is 6.04 Å². The number of carboxylic acids is 1. The van der Waals surface area contributed by atoms with Gasteiger partial charge in [-0.3, -0.25) is 4.79 Å². The van der Waals surface area contributed by atoms with Crippen molar-refractivity contribution < 1.29 is 19.8 Å². The molecule has 0 bridgehead atoms. The molecule has 1 heterocycles. The summed E-state index contributed by atoms with van der Waals surface area (Å²) in [5.41, 5.74) is 1.58. The van der Waals surface area contributed by atoms with Crippen molar-refractivity contribution in [2.45, 2.75) is 12.6 Å². The van der Waals surface area contributed by atoms with Crippen LogP contribution in [-0.4, -0.2) is 46.7 Å². The summed E-state index contributed by atoms with van der Waals surface area (Å²) in [6, 6.07) is 3.94. The van der Waals surface area contributed by atoms with E-state index in [4.69, 9.17) is 10.2 Å². The average Bonchev–Trinajstić information content (AvgIpc) is 2.46. The molecule has 1 amide bonds. The SMILES string of the molecule is CN1Cc2cc(C(=O)O)ccc2N[C@H](CO)C1=O. The highest BCUT2D eigenvalue weighted by molar-refractivity contribution is 5.90. The van der Waals surface area contributed by atoms with Crippen molar-refractivity contribution in [3.8, 4) is 0 Å². The molecule has 0 fully saturated rings. The van der Waals surface area contributed by atoms with E-state index in [1.807, 2.05) is 0 Å². The second-order valence-corrected chi connectivity index (χ2v) is 4.25. The molecule has 6 nitrogen and oxygen atoms in total. The first kappa shape index (κ1) is 12.4. The molecule has 0 saturated heterocycles. The number of nitrogens with one attached hydrogen (secondary N) is 1. The molecule has 0 unspecified atom stereocenters. The number of aliphatic hydroxyl groups excluding tert-OH is 1. The third-order valence-electron chi connectivity index (χ3n) is 2.95. The fourth-order valence-corrected chi connectivity index (χ4v) is 1.97. The lowest BCUT2D eigenvalue weighted by atomic mass is 10.1. The van der Waals surface area contributed by atoms with Crippen LogP contribution in [0.4, 0.5) is 5.69 Å². The normalized spacial score (nSPS) is 18.9. The Balaban J connectivity index is 2.41. The van der Waals surface area contributed by atoms with Crippen molar-refractivity contribution in [3.05, 3.63) is 29.3 Å². The molecule has 1 atom stereocenters. The lowest BCUT2D eigenvalue weighted by Gasteiger charge is -2.18. The van der Waals surface area contributed by atoms with E-state index in [2.05, 4.69) is 5.32 Å². The number of likely N-dealkylation sites (N-methyl/N-ethyl adjacent to an activating group) is 1. The molecule has 0 aliphatic carbocycles. The first-order valence-corrected chi connectivity index (χ1v) is 5.51. The molecule has 2 rings (SSSR count). The predicted octanol–water partition coefficient (Wildman–Crippen LogP) is 0.130. The van der Waals surface area contributed by atoms with Gasteiger partial charge in [-0.25, -0.2) is 4.79 Å². The molecule has 1 aromatic rings. The lowest BCUT2D eigenvalue weighted by Crippen LogP contribution is -2.40. The van der Waals surface area contributed by atoms with E-state index in [0.29, 0.717) is 12.2 Å². The molecular weight excluding hydrogens is 236 g/mol. The van der Waals surface area contributed by atoms with Gasteiger partial charge in [0.25, 0.3) is 0 Å². The lowest BCUT2D eigenvalue weighted by molar-refractivity contribution is -0.131. The molecule has 18 heavy (non-hydrogen) atoms. The predicted molar refractivity (Wildman–Crippen MR) is 64.4 cm³/mol. The van der Waals surface area contributed by atoms with Gasteiger partial charge < -0.3 is 20.4 Å². The average molecular weight is 250 g/mol. The van der Waals surface area contributed by atoms with Crippen molar-refractivity contribution >= 4 is 17.6 Å². The first-order chi connectivity index (χ1) is 8.52. The van der Waals surface area contributed by atoms with Gasteiger partial charge in [0.05, 0.1) is 12.2 Å². The van der Waals surface area contributed by atoms with Crippen LogP contribution in [0, 0.1) is 0 Å². The third kappa shape index (κ3) is 2.14. The summed E-state index contributed by atoms with van der Waals surface area (Å²) in [4.78, 5) is 24.2. The van der Waals surface area contributed by atoms with E-state index in [1.54, 1.807) is 13.1 Å². The Hall–Kier alpha value is -2.08. The van der Waals surface area contributed by atoms with Crippen LogP contribution in [0.2, 0.25) is 0 Å². The quantitative estimate of drug-likeness (QED) is 0.694. The van der Waals surface area contributed by atoms with Gasteiger partial charge in [-0.1, -0.05) is 0 Å². The van der Waals surface area contributed by atoms with Crippen LogP contribution >= 0.6 is 0 Å². The largest absolute Gasteiger partial charge is 0.478 e. The summed E-state index contributed by atoms with van der Waals surface area (Å²) in [7, 11) is 1.62. The maximum absolute atomic E-state index is 11.9. The summed E-state index contributed by atoms with van der Waals surface area (Å²) >= 11 is 0. The summed E-state index contributed by atoms with van der Waals surface area (Å²) in [6.07, 6.45) is 0. The number of benzene rings is 1. The van der Waals surface area contributed by atoms with Crippen molar-refractivity contribution in [1.82, 2.24) is 4.90 Å². The minimum absolute atomic E-state index is 0.179. The van der Waals surface area contributed by atoms with Gasteiger partial charge in [-0.15, -0.1) is 0 Å². The second kappa shape index (κ2) is 4.66. The Kier molecular flexibility index (Phi) is 3.20. The Bertz CT molecular complexity index is 501. The number of aliphatic hydroxyl groups is 1. The highest BCUT2D eigenvalue weighted by atomic mass is 16.4. The highest BCUT2D eigenvalue weighted by Gasteiger charge is 2.26. The van der Waals surface area contributed by atoms with Crippen LogP contribution in [0.5, 0.6) is 0 Å². The number of fused-ring (bicyclic) bond motifs is 1. The molecule has 0 radical (unpaired) electrons. The molecule has 96 valence electrons. The van der Waals surface area contributed by atoms with Gasteiger partial charge in [0, 0.05) is 19.3 Å². The highest BCUT2D eigenvalue weighted by Crippen LogP contribution is 2.23. The van der Waals surface area contributed by atoms with Gasteiger partial charge in [-0.05, 0) is 23.8 Å². The van der Waals surface area contributed by atoms with E-state index in [1.165, 1.54) is 17.0 Å². The molecular formula is C12H14N2O4. The number of carbonyl (C=O) groups is 2. The molecule has 0 spiro atoms. The number of rotatable bonds is 2. The van der Waals surface area contributed by atoms with Crippen LogP contribution in [0.1, 0.15) is 15.9 Å². The van der Waals surface area contributed by atoms with Crippen molar-refractivity contribution in [2.75, 3.05) is 19.0 Å². The number of aromatic carboxylic acids is 1. The number of nitrogens with zero attached hydrogens (tertiary/aromatic N) is 1. The molecule has 6 heteroatoms. The van der Waals surface area contributed by atoms with E-state index < -0.39 is 12.0 Å². The van der Waals surface area contributed by atoms with Gasteiger partial charge in [0.15, 0.2) is 0 Å². The summed E-state index contributed by atoms with van der Waals surface area (Å²) < 4.78 is 0. The maximum atomic E-state index is 11.9. The minimum Gasteiger partial charge on any atom is -0.478 e. The van der Waals surface area contributed by atoms with Gasteiger partial charge in [0.2, 0.25) is 5.91 Å². The Morgan fingerprint density at radius 3 is 2.89 bits per heavy atom. The topological polar surface area (TPSA) is 89.9 Å². The number of carbonyl (C=O) groups excluding carboxylic acids is 1. The maximum Gasteiger partial charge on any atom is 0.335 e. The summed E-state index contributed by atoms with van der Waals surface area (Å²) in [6.45, 7) is 0.0160. The third-order valence-corrected chi connectivity index (χ3v) is 2.95. The van der Waals surface area contributed by atoms with E-state index in [-0.39, 0.29) is 18.1 Å². The Morgan fingerprint density at radius 1 is 1.56 bits per heavy atom. The molecule has 0 saturated carbocycles. The fraction of sp³-hybridized carbons (Fsp3) is 0.333. The van der Waals surface area contributed by atoms with Crippen molar-refractivity contribution in [3.63, 3.8) is 0 Å². The molecule has 1 aromatic carbocycles. The summed E-state index contributed by atoms with van der Waals surface area (Å²) in [5.74, 6) is -1.22. The zero-order chi connectivity index (χ0) is 13.3. The summed E-state index contributed by atoms with van der Waals surface area (Å²) in [5, 5.41) is 21.0. The zero-order valence-corrected chi connectivity index (χ0v) is 9.88. The second-order valence-electron chi connectivity index (χ2n) is 4.25. The van der Waals surface area contributed by atoms with E-state index >= 15 is 0 Å². The molecule has 1 aliphatic heterocycles. The molecule has 3 N–H and O–H groups in total. The van der Waals surface area contributed by atoms with Crippen LogP contribution in [0.15, 0.2) is 18.2 Å². The number of anilines is 1. The standard InChI is InChI=1S/C12H14N2O4/c1-14-5-8-4-7(12(17)18)2-3-9(8)13-10(6-15)11(14)16/h2-4,10,13,15H,5-6H2,1H3,(H,17,18)/t10-/m1/s1. The Morgan fingerprint density at radius 2 is 2.28 bits per heavy atom. The van der Waals surface area contributed by atoms with Gasteiger partial charge in [-0.2, -0.15) is 0 Å². The van der Waals surface area contributed by atoms with Gasteiger partial charge >= 0.3 is 5.97 Å². The van der Waals surface area contributed by atoms with Crippen LogP contribution < -0.4 is 5.32 Å². The van der Waals surface area contributed by atoms with E-state index in [9.17, 15) is 9.59 Å². The number of hydrogen-bond donors (Lipinski definition) is 3. The number of hydrogen-bond acceptors (Lipinski definition) is 4. The fourth-order valence-electron chi connectivity index (χ4n) is 1.97. The molecule has 1 aliphatic rings.